The van der Waals surface area contributed by atoms with Crippen LogP contribution in [0.25, 0.3) is 0 Å². The maximum absolute atomic E-state index is 13.0. The highest BCUT2D eigenvalue weighted by molar-refractivity contribution is 14.1. The molecule has 3 unspecified atom stereocenters. The monoisotopic (exact) mass is 1980 g/mol. The zero-order valence-corrected chi connectivity index (χ0v) is 88.7. The van der Waals surface area contributed by atoms with Crippen molar-refractivity contribution in [3.63, 3.8) is 0 Å². The van der Waals surface area contributed by atoms with Gasteiger partial charge in [-0.25, -0.2) is 4.39 Å². The molecule has 10 aromatic rings. The fourth-order valence-corrected chi connectivity index (χ4v) is 14.8. The van der Waals surface area contributed by atoms with E-state index >= 15 is 0 Å². The van der Waals surface area contributed by atoms with E-state index in [0.717, 1.165) is 143 Å². The predicted molar refractivity (Wildman–Crippen MR) is 573 cm³/mol. The summed E-state index contributed by atoms with van der Waals surface area (Å²) in [6.45, 7) is 47.8. The number of para-hydroxylation sites is 2. The molecule has 0 saturated carbocycles. The number of phenolic OH excluding ortho intramolecular Hbond substituents is 2. The number of benzene rings is 10. The molecule has 0 amide bonds. The van der Waals surface area contributed by atoms with E-state index in [2.05, 4.69) is 266 Å². The number of hydrogen-bond acceptors (Lipinski definition) is 5. The van der Waals surface area contributed by atoms with Crippen molar-refractivity contribution in [2.75, 3.05) is 19.8 Å². The second-order valence-corrected chi connectivity index (χ2v) is 39.6. The Kier molecular flexibility index (Phi) is 69.8. The Labute approximate surface area is 818 Å². The lowest BCUT2D eigenvalue weighted by atomic mass is 9.97. The van der Waals surface area contributed by atoms with Crippen LogP contribution in [-0.4, -0.2) is 35.1 Å². The number of hydrogen-bond donors (Lipinski definition) is 3. The highest BCUT2D eigenvalue weighted by atomic mass is 127. The summed E-state index contributed by atoms with van der Waals surface area (Å²) in [5, 5.41) is 30.5. The minimum absolute atomic E-state index is 0.0712. The number of unbranched alkanes of at least 4 members (excludes halogenated alkanes) is 1. The second kappa shape index (κ2) is 74.9. The number of aliphatic hydroxyl groups excluding tert-OH is 1. The quantitative estimate of drug-likeness (QED) is 0.0336. The number of aromatic hydroxyl groups is 2. The van der Waals surface area contributed by atoms with Gasteiger partial charge in [0.2, 0.25) is 0 Å². The molecular weight excluding hydrogens is 1820 g/mol. The molecule has 708 valence electrons. The van der Waals surface area contributed by atoms with E-state index in [1.54, 1.807) is 18.2 Å². The Hall–Kier alpha value is -6.63. The van der Waals surface area contributed by atoms with Gasteiger partial charge in [0.25, 0.3) is 0 Å². The van der Waals surface area contributed by atoms with Crippen LogP contribution in [0.1, 0.15) is 290 Å². The van der Waals surface area contributed by atoms with Gasteiger partial charge in [-0.1, -0.05) is 377 Å². The van der Waals surface area contributed by atoms with Gasteiger partial charge < -0.3 is 24.8 Å². The third-order valence-electron chi connectivity index (χ3n) is 21.9. The van der Waals surface area contributed by atoms with Crippen LogP contribution in [-0.2, 0) is 64.2 Å². The second-order valence-electron chi connectivity index (χ2n) is 36.4. The molecular formula is C117H168BrCl3FIO5. The molecule has 0 spiro atoms. The molecule has 10 aromatic carbocycles. The number of rotatable bonds is 38. The first-order chi connectivity index (χ1) is 61.2. The van der Waals surface area contributed by atoms with Gasteiger partial charge in [-0.3, -0.25) is 0 Å². The van der Waals surface area contributed by atoms with Crippen molar-refractivity contribution in [2.24, 2.45) is 53.3 Å². The molecule has 5 nitrogen and oxygen atoms in total. The SMILES string of the molecule is CC(C)CCc1ccccc1Br.CC(C)CCc1ccccc1Cl.CC(C)CCc1ccccc1F.CC(C)CCc1ccccc1I.CC(C)CCc1ccccc1O.CC(CO)CCc1ccccc1Cl.CCC(C)CCc1ccccc1Cl.CCCC(C)CCc1ccccc1O.CCCCc1ccc(OCC)c(OCC)c1.Cc1ccccc1CCC(C)C. The molecule has 128 heavy (non-hydrogen) atoms. The lowest BCUT2D eigenvalue weighted by Crippen LogP contribution is -2.02. The molecule has 10 rings (SSSR count). The van der Waals surface area contributed by atoms with Crippen LogP contribution in [0.2, 0.25) is 15.1 Å². The van der Waals surface area contributed by atoms with Crippen LogP contribution in [0, 0.1) is 69.6 Å². The van der Waals surface area contributed by atoms with Crippen molar-refractivity contribution in [3.05, 3.63) is 327 Å². The van der Waals surface area contributed by atoms with Crippen LogP contribution in [0.15, 0.2) is 241 Å². The standard InChI is InChI=1S/C14H22O2.C13H20O.C12H17Cl.C12H18.C11H15Br.C11H15ClO.C11H15Cl.C11H15F.C11H15I.C11H16O/c1-4-7-8-12-9-10-13(15-5-2)14(11-12)16-6-3;1-3-6-11(2)9-10-12-7-4-5-8-13(12)14;1-3-10(2)8-9-11-6-4-5-7-12(11)13;1-10(2)8-9-12-7-5-4-6-11(12)3;1-9(2)7-8-10-5-3-4-6-11(10)12;1-9(8-13)6-7-10-4-2-3-5-11(10)12;4*1-9(2)7-8-10-5-3-4-6-11(10)12/h9-11H,4-8H2,1-3H3;4-5,7-8,11,14H,3,6,9-10H2,1-2H3;4-7,10H,3,8-9H2,1-2H3;4-7,10H,8-9H2,1-3H3;3-6,9H,7-8H2,1-2H3;2-5,9,13H,6-8H2,1H3;3*3-6,9H,7-8H2,1-2H3;3-6,9,12H,7-8H2,1-2H3. The van der Waals surface area contributed by atoms with E-state index < -0.39 is 0 Å². The Morgan fingerprint density at radius 3 is 1.05 bits per heavy atom. The molecule has 0 aromatic heterocycles. The largest absolute Gasteiger partial charge is 0.508 e. The first-order valence-corrected chi connectivity index (χ1v) is 51.2. The summed E-state index contributed by atoms with van der Waals surface area (Å²) in [5.41, 5.74) is 13.9. The van der Waals surface area contributed by atoms with Crippen LogP contribution in [0.3, 0.4) is 0 Å². The van der Waals surface area contributed by atoms with E-state index in [1.165, 1.54) is 149 Å². The Bertz CT molecular complexity index is 3920. The van der Waals surface area contributed by atoms with Gasteiger partial charge in [0, 0.05) is 29.7 Å². The summed E-state index contributed by atoms with van der Waals surface area (Å²) in [4.78, 5) is 0. The van der Waals surface area contributed by atoms with Gasteiger partial charge in [-0.15, -0.1) is 0 Å². The van der Waals surface area contributed by atoms with Crippen LogP contribution in [0.5, 0.6) is 23.0 Å². The van der Waals surface area contributed by atoms with E-state index in [0.29, 0.717) is 42.5 Å². The average Bonchev–Trinajstić information content (AvgIpc) is 0.861. The molecule has 0 fully saturated rings. The molecule has 11 heteroatoms. The normalized spacial score (nSPS) is 11.3. The number of aliphatic hydroxyl groups is 1. The Balaban J connectivity index is 0.000000712. The van der Waals surface area contributed by atoms with Crippen molar-refractivity contribution in [2.45, 2.75) is 299 Å². The summed E-state index contributed by atoms with van der Waals surface area (Å²) < 4.78 is 26.8. The minimum Gasteiger partial charge on any atom is -0.508 e. The fraction of sp³-hybridized carbons (Fsp3) is 0.487. The summed E-state index contributed by atoms with van der Waals surface area (Å²) in [6, 6.07) is 78.2. The Morgan fingerprint density at radius 2 is 0.656 bits per heavy atom. The molecule has 0 heterocycles. The number of halogens is 6. The number of aryl methyl sites for hydroxylation is 11. The topological polar surface area (TPSA) is 79.2 Å². The number of phenols is 2. The molecule has 0 bridgehead atoms. The predicted octanol–water partition coefficient (Wildman–Crippen LogP) is 36.6. The van der Waals surface area contributed by atoms with Crippen molar-refractivity contribution >= 4 is 73.3 Å². The fourth-order valence-electron chi connectivity index (χ4n) is 13.0. The molecule has 3 N–H and O–H groups in total. The zero-order valence-electron chi connectivity index (χ0n) is 82.7. The summed E-state index contributed by atoms with van der Waals surface area (Å²) >= 11 is 24.0. The van der Waals surface area contributed by atoms with Crippen molar-refractivity contribution in [1.29, 1.82) is 0 Å². The maximum atomic E-state index is 13.0. The molecule has 0 aliphatic carbocycles. The van der Waals surface area contributed by atoms with Gasteiger partial charge >= 0.3 is 0 Å². The molecule has 0 saturated heterocycles. The van der Waals surface area contributed by atoms with Crippen molar-refractivity contribution in [3.8, 4) is 23.0 Å². The highest BCUT2D eigenvalue weighted by Crippen LogP contribution is 2.31. The smallest absolute Gasteiger partial charge is 0.161 e. The van der Waals surface area contributed by atoms with E-state index in [9.17, 15) is 14.6 Å². The molecule has 0 aliphatic rings. The summed E-state index contributed by atoms with van der Waals surface area (Å²) in [5.74, 6) is 8.94. The van der Waals surface area contributed by atoms with Gasteiger partial charge in [0.15, 0.2) is 11.5 Å². The van der Waals surface area contributed by atoms with Gasteiger partial charge in [0.05, 0.1) is 13.2 Å². The third-order valence-corrected chi connectivity index (χ3v) is 24.8. The van der Waals surface area contributed by atoms with Crippen LogP contribution in [0.4, 0.5) is 4.39 Å². The zero-order chi connectivity index (χ0) is 95.4. The van der Waals surface area contributed by atoms with Crippen molar-refractivity contribution < 1.29 is 29.2 Å². The first-order valence-electron chi connectivity index (χ1n) is 48.2. The Morgan fingerprint density at radius 1 is 0.328 bits per heavy atom. The average molecular weight is 1990 g/mol. The van der Waals surface area contributed by atoms with Gasteiger partial charge in [-0.2, -0.15) is 0 Å². The molecule has 0 radical (unpaired) electrons. The van der Waals surface area contributed by atoms with Crippen LogP contribution >= 0.6 is 73.3 Å². The van der Waals surface area contributed by atoms with Gasteiger partial charge in [-0.05, 0) is 347 Å². The maximum Gasteiger partial charge on any atom is 0.161 e. The van der Waals surface area contributed by atoms with Crippen molar-refractivity contribution in [1.82, 2.24) is 0 Å². The summed E-state index contributed by atoms with van der Waals surface area (Å²) in [6.07, 6.45) is 27.6. The highest BCUT2D eigenvalue weighted by Gasteiger charge is 2.11. The van der Waals surface area contributed by atoms with Crippen LogP contribution < -0.4 is 9.47 Å². The van der Waals surface area contributed by atoms with E-state index in [4.69, 9.17) is 49.4 Å². The number of ether oxygens (including phenoxy) is 2. The lowest BCUT2D eigenvalue weighted by Gasteiger charge is -2.12. The minimum atomic E-state index is -0.0712. The molecule has 3 atom stereocenters. The molecule has 0 aliphatic heterocycles. The van der Waals surface area contributed by atoms with E-state index in [-0.39, 0.29) is 12.4 Å². The van der Waals surface area contributed by atoms with E-state index in [1.807, 2.05) is 130 Å². The summed E-state index contributed by atoms with van der Waals surface area (Å²) in [7, 11) is 0. The third kappa shape index (κ3) is 59.7. The van der Waals surface area contributed by atoms with Gasteiger partial charge in [0.1, 0.15) is 17.3 Å². The first kappa shape index (κ1) is 119. The lowest BCUT2D eigenvalue weighted by molar-refractivity contribution is 0.230.